The van der Waals surface area contributed by atoms with Crippen LogP contribution in [0.1, 0.15) is 24.2 Å². The molecule has 0 saturated carbocycles. The summed E-state index contributed by atoms with van der Waals surface area (Å²) in [6.45, 7) is 6.53. The van der Waals surface area contributed by atoms with Crippen molar-refractivity contribution in [1.29, 1.82) is 0 Å². The van der Waals surface area contributed by atoms with Gasteiger partial charge in [0, 0.05) is 37.8 Å². The Kier molecular flexibility index (Phi) is 7.32. The number of amides is 2. The minimum Gasteiger partial charge on any atom is -0.497 e. The molecule has 1 fully saturated rings. The number of ether oxygens (including phenoxy) is 1. The number of nitrogens with one attached hydrogen (secondary N) is 1. The monoisotopic (exact) mass is 435 g/mol. The molecule has 8 nitrogen and oxygen atoms in total. The molecule has 1 saturated heterocycles. The summed E-state index contributed by atoms with van der Waals surface area (Å²) in [5, 5.41) is 12.1. The lowest BCUT2D eigenvalue weighted by molar-refractivity contribution is -0.119. The first-order chi connectivity index (χ1) is 14.0. The number of anilines is 1. The van der Waals surface area contributed by atoms with E-state index < -0.39 is 0 Å². The number of nitrogens with zero attached hydrogens (tertiary/aromatic N) is 4. The summed E-state index contributed by atoms with van der Waals surface area (Å²) in [7, 11) is 1.61. The molecule has 1 aliphatic heterocycles. The summed E-state index contributed by atoms with van der Waals surface area (Å²) in [4.78, 5) is 28.4. The van der Waals surface area contributed by atoms with Crippen LogP contribution in [0, 0.1) is 0 Å². The van der Waals surface area contributed by atoms with Gasteiger partial charge in [0.05, 0.1) is 12.9 Å². The largest absolute Gasteiger partial charge is 0.497 e. The lowest BCUT2D eigenvalue weighted by atomic mass is 10.1. The van der Waals surface area contributed by atoms with Gasteiger partial charge in [0.25, 0.3) is 5.91 Å². The molecule has 0 bridgehead atoms. The van der Waals surface area contributed by atoms with Gasteiger partial charge in [-0.1, -0.05) is 23.1 Å². The van der Waals surface area contributed by atoms with E-state index >= 15 is 0 Å². The Morgan fingerprint density at radius 2 is 1.86 bits per heavy atom. The standard InChI is InChI=1S/C19H25N5O3S2/c1-13(2)20-16(25)12-28-19-22-21-18(29-19)24-10-8-23(9-11-24)17(26)14-4-6-15(27-3)7-5-14/h4-7,13H,8-12H2,1-3H3,(H,20,25). The molecule has 0 unspecified atom stereocenters. The second-order valence-electron chi connectivity index (χ2n) is 6.87. The fourth-order valence-electron chi connectivity index (χ4n) is 2.90. The molecule has 1 aromatic carbocycles. The van der Waals surface area contributed by atoms with E-state index in [0.717, 1.165) is 15.2 Å². The summed E-state index contributed by atoms with van der Waals surface area (Å²) < 4.78 is 5.91. The summed E-state index contributed by atoms with van der Waals surface area (Å²) in [6.07, 6.45) is 0. The molecule has 1 aliphatic rings. The predicted molar refractivity (Wildman–Crippen MR) is 115 cm³/mol. The van der Waals surface area contributed by atoms with Crippen molar-refractivity contribution in [3.63, 3.8) is 0 Å². The number of methoxy groups -OCH3 is 1. The smallest absolute Gasteiger partial charge is 0.253 e. The van der Waals surface area contributed by atoms with Gasteiger partial charge in [0.2, 0.25) is 11.0 Å². The minimum atomic E-state index is -0.00703. The Bertz CT molecular complexity index is 833. The number of hydrogen-bond acceptors (Lipinski definition) is 8. The highest BCUT2D eigenvalue weighted by atomic mass is 32.2. The van der Waals surface area contributed by atoms with Crippen LogP contribution >= 0.6 is 23.1 Å². The first-order valence-corrected chi connectivity index (χ1v) is 11.2. The Labute approximate surface area is 178 Å². The maximum absolute atomic E-state index is 12.7. The van der Waals surface area contributed by atoms with Crippen LogP contribution in [-0.2, 0) is 4.79 Å². The van der Waals surface area contributed by atoms with Crippen LogP contribution in [-0.4, -0.2) is 72.0 Å². The average Bonchev–Trinajstić information content (AvgIpc) is 3.20. The fourth-order valence-corrected chi connectivity index (χ4v) is 4.60. The van der Waals surface area contributed by atoms with Crippen molar-refractivity contribution in [1.82, 2.24) is 20.4 Å². The third kappa shape index (κ3) is 5.83. The molecule has 156 valence electrons. The van der Waals surface area contributed by atoms with Crippen molar-refractivity contribution in [2.45, 2.75) is 24.2 Å². The fraction of sp³-hybridized carbons (Fsp3) is 0.474. The van der Waals surface area contributed by atoms with E-state index in [2.05, 4.69) is 20.4 Å². The molecule has 0 radical (unpaired) electrons. The molecule has 1 aromatic heterocycles. The quantitative estimate of drug-likeness (QED) is 0.667. The summed E-state index contributed by atoms with van der Waals surface area (Å²) in [5.41, 5.74) is 0.661. The van der Waals surface area contributed by atoms with E-state index in [1.54, 1.807) is 31.4 Å². The van der Waals surface area contributed by atoms with Gasteiger partial charge in [-0.2, -0.15) is 0 Å². The van der Waals surface area contributed by atoms with E-state index in [4.69, 9.17) is 4.74 Å². The molecule has 1 N–H and O–H groups in total. The Morgan fingerprint density at radius 3 is 2.48 bits per heavy atom. The first-order valence-electron chi connectivity index (χ1n) is 9.40. The predicted octanol–water partition coefficient (Wildman–Crippen LogP) is 2.13. The number of carbonyl (C=O) groups excluding carboxylic acids is 2. The number of carbonyl (C=O) groups is 2. The molecular formula is C19H25N5O3S2. The number of hydrogen-bond donors (Lipinski definition) is 1. The highest BCUT2D eigenvalue weighted by molar-refractivity contribution is 8.01. The van der Waals surface area contributed by atoms with Crippen LogP contribution in [0.5, 0.6) is 5.75 Å². The van der Waals surface area contributed by atoms with Gasteiger partial charge in [0.15, 0.2) is 4.34 Å². The van der Waals surface area contributed by atoms with Crippen molar-refractivity contribution in [3.05, 3.63) is 29.8 Å². The van der Waals surface area contributed by atoms with E-state index in [1.807, 2.05) is 18.7 Å². The number of piperazine rings is 1. The third-order valence-corrected chi connectivity index (χ3v) is 6.46. The van der Waals surface area contributed by atoms with Gasteiger partial charge in [-0.15, -0.1) is 10.2 Å². The van der Waals surface area contributed by atoms with Crippen LogP contribution in [0.2, 0.25) is 0 Å². The molecule has 2 aromatic rings. The van der Waals surface area contributed by atoms with Crippen LogP contribution in [0.25, 0.3) is 0 Å². The van der Waals surface area contributed by atoms with Crippen molar-refractivity contribution in [2.75, 3.05) is 43.9 Å². The van der Waals surface area contributed by atoms with E-state index in [1.165, 1.54) is 23.1 Å². The molecule has 10 heteroatoms. The Balaban J connectivity index is 1.49. The van der Waals surface area contributed by atoms with Crippen LogP contribution in [0.15, 0.2) is 28.6 Å². The summed E-state index contributed by atoms with van der Waals surface area (Å²) >= 11 is 2.87. The number of thioether (sulfide) groups is 1. The van der Waals surface area contributed by atoms with Crippen molar-refractivity contribution in [2.24, 2.45) is 0 Å². The summed E-state index contributed by atoms with van der Waals surface area (Å²) in [6, 6.07) is 7.30. The van der Waals surface area contributed by atoms with Crippen molar-refractivity contribution >= 4 is 40.0 Å². The van der Waals surface area contributed by atoms with Crippen LogP contribution < -0.4 is 15.0 Å². The van der Waals surface area contributed by atoms with Crippen LogP contribution in [0.4, 0.5) is 5.13 Å². The lowest BCUT2D eigenvalue weighted by Gasteiger charge is -2.34. The second kappa shape index (κ2) is 9.93. The Hall–Kier alpha value is -2.33. The maximum Gasteiger partial charge on any atom is 0.253 e. The van der Waals surface area contributed by atoms with Gasteiger partial charge < -0.3 is 19.9 Å². The first kappa shape index (κ1) is 21.4. The number of rotatable bonds is 7. The van der Waals surface area contributed by atoms with Gasteiger partial charge in [-0.05, 0) is 38.1 Å². The molecular weight excluding hydrogens is 410 g/mol. The zero-order valence-corrected chi connectivity index (χ0v) is 18.4. The minimum absolute atomic E-state index is 0.00703. The zero-order chi connectivity index (χ0) is 20.8. The molecule has 29 heavy (non-hydrogen) atoms. The van der Waals surface area contributed by atoms with Gasteiger partial charge in [-0.25, -0.2) is 0 Å². The highest BCUT2D eigenvalue weighted by Crippen LogP contribution is 2.28. The van der Waals surface area contributed by atoms with Crippen molar-refractivity contribution in [3.8, 4) is 5.75 Å². The third-order valence-electron chi connectivity index (χ3n) is 4.35. The molecule has 0 spiro atoms. The molecule has 0 aliphatic carbocycles. The molecule has 0 atom stereocenters. The number of aromatic nitrogens is 2. The lowest BCUT2D eigenvalue weighted by Crippen LogP contribution is -2.48. The highest BCUT2D eigenvalue weighted by Gasteiger charge is 2.24. The van der Waals surface area contributed by atoms with E-state index in [9.17, 15) is 9.59 Å². The summed E-state index contributed by atoms with van der Waals surface area (Å²) in [5.74, 6) is 1.08. The van der Waals surface area contributed by atoms with E-state index in [-0.39, 0.29) is 17.9 Å². The van der Waals surface area contributed by atoms with Gasteiger partial charge >= 0.3 is 0 Å². The molecule has 3 rings (SSSR count). The zero-order valence-electron chi connectivity index (χ0n) is 16.8. The van der Waals surface area contributed by atoms with Crippen molar-refractivity contribution < 1.29 is 14.3 Å². The SMILES string of the molecule is COc1ccc(C(=O)N2CCN(c3nnc(SCC(=O)NC(C)C)s3)CC2)cc1. The Morgan fingerprint density at radius 1 is 1.17 bits per heavy atom. The number of benzene rings is 1. The topological polar surface area (TPSA) is 87.7 Å². The normalized spacial score (nSPS) is 14.2. The average molecular weight is 436 g/mol. The molecule has 2 amide bonds. The van der Waals surface area contributed by atoms with Gasteiger partial charge in [-0.3, -0.25) is 9.59 Å². The second-order valence-corrected chi connectivity index (χ2v) is 9.05. The molecule has 2 heterocycles. The van der Waals surface area contributed by atoms with Crippen LogP contribution in [0.3, 0.4) is 0 Å². The van der Waals surface area contributed by atoms with Gasteiger partial charge in [0.1, 0.15) is 5.75 Å². The van der Waals surface area contributed by atoms with E-state index in [0.29, 0.717) is 37.5 Å². The maximum atomic E-state index is 12.7.